The zero-order chi connectivity index (χ0) is 14.0. The molecule has 0 aromatic heterocycles. The Morgan fingerprint density at radius 2 is 1.61 bits per heavy atom. The molecule has 1 aromatic rings. The van der Waals surface area contributed by atoms with E-state index in [-0.39, 0.29) is 5.97 Å². The predicted molar refractivity (Wildman–Crippen MR) is 84.4 cm³/mol. The second kappa shape index (κ2) is 5.63. The molecule has 100 valence electrons. The molecule has 1 aromatic carbocycles. The van der Waals surface area contributed by atoms with E-state index in [1.807, 2.05) is 55.1 Å². The topological polar surface area (TPSA) is 26.3 Å². The minimum Gasteiger partial charge on any atom is -0.516 e. The molecular weight excluding hydrogens is 276 g/mol. The molecule has 0 bridgehead atoms. The lowest BCUT2D eigenvalue weighted by Gasteiger charge is -2.21. The van der Waals surface area contributed by atoms with Gasteiger partial charge in [-0.25, -0.2) is 4.79 Å². The van der Waals surface area contributed by atoms with Crippen LogP contribution in [0.4, 0.5) is 0 Å². The van der Waals surface area contributed by atoms with Crippen molar-refractivity contribution in [2.45, 2.75) is 44.2 Å². The van der Waals surface area contributed by atoms with Crippen molar-refractivity contribution in [2.24, 2.45) is 0 Å². The summed E-state index contributed by atoms with van der Waals surface area (Å²) in [6.07, 6.45) is 0. The van der Waals surface area contributed by atoms with Gasteiger partial charge in [0.15, 0.2) is 0 Å². The van der Waals surface area contributed by atoms with Crippen LogP contribution in [0.2, 0.25) is 39.3 Å². The van der Waals surface area contributed by atoms with E-state index >= 15 is 0 Å². The lowest BCUT2D eigenvalue weighted by atomic mass is 10.2. The van der Waals surface area contributed by atoms with Gasteiger partial charge in [0.05, 0.1) is 5.56 Å². The van der Waals surface area contributed by atoms with E-state index in [1.165, 1.54) is 0 Å². The average molecular weight is 299 g/mol. The van der Waals surface area contributed by atoms with Crippen LogP contribution < -0.4 is 0 Å². The average Bonchev–Trinajstić information content (AvgIpc) is 2.12. The Balaban J connectivity index is 2.99. The zero-order valence-electron chi connectivity index (χ0n) is 12.0. The van der Waals surface area contributed by atoms with Gasteiger partial charge >= 0.3 is 5.97 Å². The molecule has 0 N–H and O–H groups in total. The molecule has 0 heterocycles. The standard InChI is InChI=1S/C13H22O2SSi2/c1-17(2,3)15-13(14)11-9-7-8-10-12(11)16-18(4,5)6/h7-10H,1-6H3. The van der Waals surface area contributed by atoms with E-state index in [2.05, 4.69) is 19.6 Å². The van der Waals surface area contributed by atoms with Crippen LogP contribution in [0.1, 0.15) is 10.4 Å². The quantitative estimate of drug-likeness (QED) is 0.760. The molecule has 5 heteroatoms. The summed E-state index contributed by atoms with van der Waals surface area (Å²) in [7, 11) is -3.15. The van der Waals surface area contributed by atoms with Crippen LogP contribution in [0.25, 0.3) is 0 Å². The first-order valence-corrected chi connectivity index (χ1v) is 14.5. The molecule has 18 heavy (non-hydrogen) atoms. The SMILES string of the molecule is C[Si](C)(C)OC(=O)c1ccccc1S[Si](C)(C)C. The van der Waals surface area contributed by atoms with Gasteiger partial charge in [-0.1, -0.05) is 31.8 Å². The molecule has 0 aliphatic rings. The molecule has 0 aliphatic heterocycles. The van der Waals surface area contributed by atoms with E-state index in [9.17, 15) is 4.79 Å². The Morgan fingerprint density at radius 3 is 2.11 bits per heavy atom. The minimum absolute atomic E-state index is 0.171. The zero-order valence-corrected chi connectivity index (χ0v) is 14.9. The third-order valence-corrected chi connectivity index (χ3v) is 6.40. The fourth-order valence-electron chi connectivity index (χ4n) is 1.39. The first-order valence-electron chi connectivity index (χ1n) is 6.10. The van der Waals surface area contributed by atoms with E-state index in [1.54, 1.807) is 0 Å². The van der Waals surface area contributed by atoms with Gasteiger partial charge in [-0.05, 0) is 31.8 Å². The summed E-state index contributed by atoms with van der Waals surface area (Å²) in [6.45, 7) is 12.9. The molecule has 0 aliphatic carbocycles. The first kappa shape index (κ1) is 15.5. The van der Waals surface area contributed by atoms with Gasteiger partial charge in [-0.15, -0.1) is 0 Å². The summed E-state index contributed by atoms with van der Waals surface area (Å²) in [6, 6.07) is 7.76. The molecule has 0 fully saturated rings. The van der Waals surface area contributed by atoms with Crippen LogP contribution in [-0.4, -0.2) is 21.5 Å². The van der Waals surface area contributed by atoms with Crippen molar-refractivity contribution in [3.8, 4) is 0 Å². The second-order valence-electron chi connectivity index (χ2n) is 6.21. The summed E-state index contributed by atoms with van der Waals surface area (Å²) >= 11 is 1.84. The molecule has 0 amide bonds. The highest BCUT2D eigenvalue weighted by Crippen LogP contribution is 2.32. The maximum Gasteiger partial charge on any atom is 0.325 e. The van der Waals surface area contributed by atoms with Gasteiger partial charge in [0.1, 0.15) is 7.22 Å². The van der Waals surface area contributed by atoms with Crippen LogP contribution >= 0.6 is 11.2 Å². The summed E-state index contributed by atoms with van der Waals surface area (Å²) in [5.41, 5.74) is 0.715. The predicted octanol–water partition coefficient (Wildman–Crippen LogP) is 4.61. The molecule has 0 spiro atoms. The van der Waals surface area contributed by atoms with E-state index < -0.39 is 15.5 Å². The highest BCUT2D eigenvalue weighted by molar-refractivity contribution is 8.28. The van der Waals surface area contributed by atoms with Crippen LogP contribution in [-0.2, 0) is 4.43 Å². The van der Waals surface area contributed by atoms with Crippen molar-refractivity contribution in [2.75, 3.05) is 0 Å². The fourth-order valence-corrected chi connectivity index (χ4v) is 5.63. The van der Waals surface area contributed by atoms with Crippen LogP contribution in [0.3, 0.4) is 0 Å². The number of hydrogen-bond acceptors (Lipinski definition) is 3. The van der Waals surface area contributed by atoms with Gasteiger partial charge in [-0.2, -0.15) is 11.2 Å². The molecule has 0 radical (unpaired) electrons. The highest BCUT2D eigenvalue weighted by Gasteiger charge is 2.24. The fraction of sp³-hybridized carbons (Fsp3) is 0.462. The monoisotopic (exact) mass is 298 g/mol. The molecule has 0 unspecified atom stereocenters. The number of hydrogen-bond donors (Lipinski definition) is 0. The molecular formula is C13H22O2SSi2. The van der Waals surface area contributed by atoms with E-state index in [4.69, 9.17) is 4.43 Å². The number of carbonyl (C=O) groups is 1. The van der Waals surface area contributed by atoms with Gasteiger partial charge in [0, 0.05) is 4.90 Å². The third kappa shape index (κ3) is 5.41. The largest absolute Gasteiger partial charge is 0.516 e. The van der Waals surface area contributed by atoms with Crippen molar-refractivity contribution in [3.05, 3.63) is 29.8 Å². The number of carbonyl (C=O) groups excluding carboxylic acids is 1. The molecule has 1 rings (SSSR count). The molecule has 0 saturated carbocycles. The number of benzene rings is 1. The van der Waals surface area contributed by atoms with Crippen LogP contribution in [0.15, 0.2) is 29.2 Å². The molecule has 2 nitrogen and oxygen atoms in total. The summed E-state index contributed by atoms with van der Waals surface area (Å²) < 4.78 is 5.58. The smallest absolute Gasteiger partial charge is 0.325 e. The molecule has 0 atom stereocenters. The van der Waals surface area contributed by atoms with Gasteiger partial charge in [0.25, 0.3) is 0 Å². The summed E-state index contributed by atoms with van der Waals surface area (Å²) in [5.74, 6) is -0.171. The Hall–Kier alpha value is -0.526. The first-order chi connectivity index (χ1) is 8.08. The highest BCUT2D eigenvalue weighted by atomic mass is 32.4. The van der Waals surface area contributed by atoms with E-state index in [0.717, 1.165) is 4.90 Å². The maximum absolute atomic E-state index is 12.2. The van der Waals surface area contributed by atoms with Gasteiger partial charge < -0.3 is 4.43 Å². The van der Waals surface area contributed by atoms with Crippen molar-refractivity contribution >= 4 is 32.7 Å². The third-order valence-electron chi connectivity index (χ3n) is 1.92. The minimum atomic E-state index is -1.83. The van der Waals surface area contributed by atoms with Crippen molar-refractivity contribution < 1.29 is 9.22 Å². The Labute approximate surface area is 116 Å². The van der Waals surface area contributed by atoms with Crippen molar-refractivity contribution in [1.29, 1.82) is 0 Å². The van der Waals surface area contributed by atoms with Crippen LogP contribution in [0, 0.1) is 0 Å². The second-order valence-corrected chi connectivity index (χ2v) is 19.8. The summed E-state index contributed by atoms with van der Waals surface area (Å²) in [4.78, 5) is 13.2. The Morgan fingerprint density at radius 1 is 1.06 bits per heavy atom. The summed E-state index contributed by atoms with van der Waals surface area (Å²) in [5, 5.41) is 0. The number of rotatable bonds is 4. The lowest BCUT2D eigenvalue weighted by molar-refractivity contribution is 0.0721. The van der Waals surface area contributed by atoms with Gasteiger partial charge in [-0.3, -0.25) is 0 Å². The Kier molecular flexibility index (Phi) is 4.86. The van der Waals surface area contributed by atoms with E-state index in [0.29, 0.717) is 5.56 Å². The van der Waals surface area contributed by atoms with Crippen LogP contribution in [0.5, 0.6) is 0 Å². The lowest BCUT2D eigenvalue weighted by Crippen LogP contribution is -2.29. The van der Waals surface area contributed by atoms with Crippen molar-refractivity contribution in [3.63, 3.8) is 0 Å². The van der Waals surface area contributed by atoms with Crippen molar-refractivity contribution in [1.82, 2.24) is 0 Å². The maximum atomic E-state index is 12.2. The van der Waals surface area contributed by atoms with Gasteiger partial charge in [0.2, 0.25) is 8.32 Å². The molecule has 0 saturated heterocycles. The Bertz CT molecular complexity index is 433. The normalized spacial score (nSPS) is 12.3.